The molecule has 26 heavy (non-hydrogen) atoms. The Kier molecular flexibility index (Phi) is 4.50. The standard InChI is InChI=1S/C16H10N4O5S/c1-2-18-15(21)11-5-3-4-6-12(11)17-16(18)26-14-8-7-10(19(22)23)9-13(14)20(24)25/h2-9H,1H2. The molecule has 0 N–H and O–H groups in total. The number of hydrogen-bond donors (Lipinski definition) is 0. The van der Waals surface area contributed by atoms with Gasteiger partial charge in [0.05, 0.1) is 31.7 Å². The van der Waals surface area contributed by atoms with E-state index in [2.05, 4.69) is 11.6 Å². The van der Waals surface area contributed by atoms with Crippen LogP contribution in [-0.4, -0.2) is 19.4 Å². The van der Waals surface area contributed by atoms with Gasteiger partial charge in [-0.2, -0.15) is 0 Å². The predicted octanol–water partition coefficient (Wildman–Crippen LogP) is 3.46. The van der Waals surface area contributed by atoms with Crippen LogP contribution in [0.3, 0.4) is 0 Å². The van der Waals surface area contributed by atoms with Crippen molar-refractivity contribution in [3.05, 3.63) is 79.6 Å². The Hall–Kier alpha value is -3.53. The first-order valence-electron chi connectivity index (χ1n) is 7.17. The zero-order chi connectivity index (χ0) is 18.8. The van der Waals surface area contributed by atoms with Crippen molar-refractivity contribution in [2.45, 2.75) is 10.1 Å². The summed E-state index contributed by atoms with van der Waals surface area (Å²) in [5.74, 6) is 0. The van der Waals surface area contributed by atoms with Crippen LogP contribution in [0.2, 0.25) is 0 Å². The van der Waals surface area contributed by atoms with Crippen molar-refractivity contribution in [2.75, 3.05) is 0 Å². The van der Waals surface area contributed by atoms with Crippen LogP contribution in [0.25, 0.3) is 17.1 Å². The molecule has 9 nitrogen and oxygen atoms in total. The van der Waals surface area contributed by atoms with Crippen molar-refractivity contribution in [3.63, 3.8) is 0 Å². The molecule has 1 aromatic heterocycles. The highest BCUT2D eigenvalue weighted by atomic mass is 32.2. The van der Waals surface area contributed by atoms with E-state index in [1.807, 2.05) is 0 Å². The van der Waals surface area contributed by atoms with Crippen molar-refractivity contribution < 1.29 is 9.85 Å². The zero-order valence-corrected chi connectivity index (χ0v) is 13.9. The number of benzene rings is 2. The van der Waals surface area contributed by atoms with Gasteiger partial charge in [0, 0.05) is 12.3 Å². The van der Waals surface area contributed by atoms with Gasteiger partial charge in [-0.15, -0.1) is 0 Å². The van der Waals surface area contributed by atoms with E-state index in [0.29, 0.717) is 10.9 Å². The summed E-state index contributed by atoms with van der Waals surface area (Å²) < 4.78 is 1.18. The number of fused-ring (bicyclic) bond motifs is 1. The van der Waals surface area contributed by atoms with Crippen LogP contribution in [0.1, 0.15) is 0 Å². The second kappa shape index (κ2) is 6.76. The first-order chi connectivity index (χ1) is 12.4. The van der Waals surface area contributed by atoms with Gasteiger partial charge in [0.2, 0.25) is 0 Å². The molecule has 130 valence electrons. The Morgan fingerprint density at radius 1 is 1.12 bits per heavy atom. The Morgan fingerprint density at radius 3 is 2.50 bits per heavy atom. The van der Waals surface area contributed by atoms with E-state index in [1.165, 1.54) is 16.8 Å². The number of hydrogen-bond acceptors (Lipinski definition) is 7. The van der Waals surface area contributed by atoms with Crippen LogP contribution in [0, 0.1) is 20.2 Å². The molecule has 1 heterocycles. The molecule has 0 amide bonds. The molecule has 0 fully saturated rings. The maximum atomic E-state index is 12.5. The first kappa shape index (κ1) is 17.3. The van der Waals surface area contributed by atoms with Gasteiger partial charge in [-0.1, -0.05) is 18.7 Å². The van der Waals surface area contributed by atoms with E-state index in [-0.39, 0.29) is 15.6 Å². The number of para-hydroxylation sites is 1. The third-order valence-corrected chi connectivity index (χ3v) is 4.54. The van der Waals surface area contributed by atoms with E-state index in [9.17, 15) is 25.0 Å². The molecule has 0 aliphatic carbocycles. The average molecular weight is 370 g/mol. The number of nitrogens with zero attached hydrogens (tertiary/aromatic N) is 4. The summed E-state index contributed by atoms with van der Waals surface area (Å²) in [7, 11) is 0. The van der Waals surface area contributed by atoms with Crippen molar-refractivity contribution in [3.8, 4) is 0 Å². The highest BCUT2D eigenvalue weighted by molar-refractivity contribution is 7.99. The maximum Gasteiger partial charge on any atom is 0.290 e. The highest BCUT2D eigenvalue weighted by Crippen LogP contribution is 2.36. The Bertz CT molecular complexity index is 1130. The van der Waals surface area contributed by atoms with Gasteiger partial charge in [-0.05, 0) is 30.0 Å². The van der Waals surface area contributed by atoms with E-state index in [0.717, 1.165) is 23.9 Å². The molecule has 0 radical (unpaired) electrons. The van der Waals surface area contributed by atoms with E-state index < -0.39 is 21.2 Å². The van der Waals surface area contributed by atoms with Gasteiger partial charge in [0.25, 0.3) is 16.9 Å². The summed E-state index contributed by atoms with van der Waals surface area (Å²) in [6.45, 7) is 3.58. The fourth-order valence-corrected chi connectivity index (χ4v) is 3.28. The first-order valence-corrected chi connectivity index (χ1v) is 7.98. The van der Waals surface area contributed by atoms with Gasteiger partial charge >= 0.3 is 0 Å². The third-order valence-electron chi connectivity index (χ3n) is 3.51. The second-order valence-corrected chi connectivity index (χ2v) is 6.05. The molecule has 0 atom stereocenters. The SMILES string of the molecule is C=Cn1c(Sc2ccc([N+](=O)[O-])cc2[N+](=O)[O-])nc2ccccc2c1=O. The molecule has 3 rings (SSSR count). The van der Waals surface area contributed by atoms with Crippen LogP contribution in [-0.2, 0) is 0 Å². The molecular formula is C16H10N4O5S. The number of aromatic nitrogens is 2. The lowest BCUT2D eigenvalue weighted by Crippen LogP contribution is -2.18. The highest BCUT2D eigenvalue weighted by Gasteiger charge is 2.22. The fourth-order valence-electron chi connectivity index (χ4n) is 2.31. The Morgan fingerprint density at radius 2 is 1.85 bits per heavy atom. The summed E-state index contributed by atoms with van der Waals surface area (Å²) >= 11 is 0.860. The molecule has 0 aliphatic heterocycles. The van der Waals surface area contributed by atoms with E-state index in [1.54, 1.807) is 24.3 Å². The van der Waals surface area contributed by atoms with Crippen LogP contribution in [0.5, 0.6) is 0 Å². The second-order valence-electron chi connectivity index (χ2n) is 5.04. The summed E-state index contributed by atoms with van der Waals surface area (Å²) in [4.78, 5) is 37.7. The summed E-state index contributed by atoms with van der Waals surface area (Å²) in [6.07, 6.45) is 1.27. The Labute approximate surface area is 149 Å². The summed E-state index contributed by atoms with van der Waals surface area (Å²) in [6, 6.07) is 9.98. The summed E-state index contributed by atoms with van der Waals surface area (Å²) in [5, 5.41) is 22.7. The lowest BCUT2D eigenvalue weighted by molar-refractivity contribution is -0.396. The lowest BCUT2D eigenvalue weighted by Gasteiger charge is -2.09. The molecule has 0 saturated heterocycles. The van der Waals surface area contributed by atoms with Crippen molar-refractivity contribution >= 4 is 40.2 Å². The van der Waals surface area contributed by atoms with Crippen molar-refractivity contribution in [1.29, 1.82) is 0 Å². The van der Waals surface area contributed by atoms with E-state index in [4.69, 9.17) is 0 Å². The minimum absolute atomic E-state index is 0.124. The molecule has 0 bridgehead atoms. The van der Waals surface area contributed by atoms with Crippen LogP contribution in [0.4, 0.5) is 11.4 Å². The maximum absolute atomic E-state index is 12.5. The third kappa shape index (κ3) is 3.05. The van der Waals surface area contributed by atoms with Crippen LogP contribution >= 0.6 is 11.8 Å². The summed E-state index contributed by atoms with van der Waals surface area (Å²) in [5.41, 5.74) is -0.767. The monoisotopic (exact) mass is 370 g/mol. The minimum Gasteiger partial charge on any atom is -0.268 e. The zero-order valence-electron chi connectivity index (χ0n) is 13.1. The quantitative estimate of drug-likeness (QED) is 0.383. The van der Waals surface area contributed by atoms with Gasteiger partial charge in [-0.25, -0.2) is 4.98 Å². The largest absolute Gasteiger partial charge is 0.290 e. The molecule has 2 aromatic carbocycles. The van der Waals surface area contributed by atoms with E-state index >= 15 is 0 Å². The van der Waals surface area contributed by atoms with Gasteiger partial charge < -0.3 is 0 Å². The topological polar surface area (TPSA) is 121 Å². The average Bonchev–Trinajstić information content (AvgIpc) is 2.62. The molecular weight excluding hydrogens is 360 g/mol. The van der Waals surface area contributed by atoms with Gasteiger partial charge in [0.15, 0.2) is 5.16 Å². The number of nitro benzene ring substituents is 2. The molecule has 0 unspecified atom stereocenters. The number of rotatable bonds is 5. The van der Waals surface area contributed by atoms with Crippen LogP contribution < -0.4 is 5.56 Å². The molecule has 0 spiro atoms. The molecule has 0 aliphatic rings. The predicted molar refractivity (Wildman–Crippen MR) is 96.3 cm³/mol. The van der Waals surface area contributed by atoms with Gasteiger partial charge in [-0.3, -0.25) is 29.6 Å². The molecule has 10 heteroatoms. The normalized spacial score (nSPS) is 10.6. The smallest absolute Gasteiger partial charge is 0.268 e. The minimum atomic E-state index is -0.716. The van der Waals surface area contributed by atoms with Crippen molar-refractivity contribution in [1.82, 2.24) is 9.55 Å². The Balaban J connectivity index is 2.18. The van der Waals surface area contributed by atoms with Crippen LogP contribution in [0.15, 0.2) is 63.9 Å². The lowest BCUT2D eigenvalue weighted by atomic mass is 10.2. The molecule has 0 saturated carbocycles. The molecule has 3 aromatic rings. The fraction of sp³-hybridized carbons (Fsp3) is 0. The number of nitro groups is 2. The number of non-ortho nitro benzene ring substituents is 1. The van der Waals surface area contributed by atoms with Crippen molar-refractivity contribution in [2.24, 2.45) is 0 Å². The van der Waals surface area contributed by atoms with Gasteiger partial charge in [0.1, 0.15) is 0 Å².